The summed E-state index contributed by atoms with van der Waals surface area (Å²) in [5, 5.41) is 13.1. The third-order valence-electron chi connectivity index (χ3n) is 3.36. The van der Waals surface area contributed by atoms with Gasteiger partial charge in [-0.25, -0.2) is 4.79 Å². The van der Waals surface area contributed by atoms with Gasteiger partial charge in [-0.3, -0.25) is 5.41 Å². The van der Waals surface area contributed by atoms with Gasteiger partial charge in [0, 0.05) is 18.0 Å². The molecular weight excluding hydrogens is 216 g/mol. The predicted octanol–water partition coefficient (Wildman–Crippen LogP) is 1.58. The number of nitrogens with one attached hydrogen (secondary N) is 3. The lowest BCUT2D eigenvalue weighted by Crippen LogP contribution is -2.48. The highest BCUT2D eigenvalue weighted by atomic mass is 16.2. The molecule has 5 nitrogen and oxygen atoms in total. The summed E-state index contributed by atoms with van der Waals surface area (Å²) in [5.74, 6) is 0.0930. The first kappa shape index (κ1) is 13.8. The van der Waals surface area contributed by atoms with Crippen LogP contribution in [-0.2, 0) is 0 Å². The van der Waals surface area contributed by atoms with Gasteiger partial charge in [-0.05, 0) is 12.8 Å². The lowest BCUT2D eigenvalue weighted by molar-refractivity contribution is 0.230. The van der Waals surface area contributed by atoms with Crippen LogP contribution in [0.25, 0.3) is 0 Å². The highest BCUT2D eigenvalue weighted by molar-refractivity contribution is 5.84. The van der Waals surface area contributed by atoms with E-state index >= 15 is 0 Å². The molecule has 0 spiro atoms. The van der Waals surface area contributed by atoms with E-state index in [1.54, 1.807) is 0 Å². The topological polar surface area (TPSA) is 91.0 Å². The van der Waals surface area contributed by atoms with Gasteiger partial charge in [0.25, 0.3) is 0 Å². The SMILES string of the molecule is CC(C)(CNC(=O)NC1CCCCC1)C(=N)N. The summed E-state index contributed by atoms with van der Waals surface area (Å²) in [6, 6.07) is 0.162. The Balaban J connectivity index is 2.27. The number of urea groups is 1. The average molecular weight is 240 g/mol. The molecule has 0 bridgehead atoms. The zero-order chi connectivity index (χ0) is 12.9. The molecule has 1 fully saturated rings. The summed E-state index contributed by atoms with van der Waals surface area (Å²) < 4.78 is 0. The van der Waals surface area contributed by atoms with Crippen molar-refractivity contribution in [1.29, 1.82) is 5.41 Å². The molecule has 98 valence electrons. The van der Waals surface area contributed by atoms with Crippen LogP contribution in [0.1, 0.15) is 46.0 Å². The Hall–Kier alpha value is -1.26. The quantitative estimate of drug-likeness (QED) is 0.444. The molecule has 5 heteroatoms. The molecule has 1 aliphatic rings. The minimum atomic E-state index is -0.482. The molecular formula is C12H24N4O. The first-order valence-electron chi connectivity index (χ1n) is 6.31. The van der Waals surface area contributed by atoms with E-state index in [0.717, 1.165) is 12.8 Å². The van der Waals surface area contributed by atoms with Crippen molar-refractivity contribution in [3.05, 3.63) is 0 Å². The summed E-state index contributed by atoms with van der Waals surface area (Å²) >= 11 is 0. The molecule has 0 saturated heterocycles. The fourth-order valence-electron chi connectivity index (χ4n) is 1.88. The first-order valence-corrected chi connectivity index (χ1v) is 6.31. The summed E-state index contributed by atoms with van der Waals surface area (Å²) in [7, 11) is 0. The maximum atomic E-state index is 11.6. The zero-order valence-corrected chi connectivity index (χ0v) is 10.8. The van der Waals surface area contributed by atoms with Crippen molar-refractivity contribution in [3.63, 3.8) is 0 Å². The Bertz CT molecular complexity index is 282. The standard InChI is InChI=1S/C12H24N4O/c1-12(2,10(13)14)8-15-11(17)16-9-6-4-3-5-7-9/h9H,3-8H2,1-2H3,(H3,13,14)(H2,15,16,17). The van der Waals surface area contributed by atoms with E-state index in [9.17, 15) is 4.79 Å². The fraction of sp³-hybridized carbons (Fsp3) is 0.833. The number of amidine groups is 1. The Kier molecular flexibility index (Phi) is 4.78. The maximum absolute atomic E-state index is 11.6. The van der Waals surface area contributed by atoms with Crippen molar-refractivity contribution in [2.24, 2.45) is 11.1 Å². The van der Waals surface area contributed by atoms with E-state index in [1.807, 2.05) is 13.8 Å². The second kappa shape index (κ2) is 5.89. The van der Waals surface area contributed by atoms with Crippen LogP contribution in [0, 0.1) is 10.8 Å². The number of amides is 2. The van der Waals surface area contributed by atoms with E-state index in [4.69, 9.17) is 11.1 Å². The Morgan fingerprint density at radius 2 is 1.94 bits per heavy atom. The molecule has 1 rings (SSSR count). The van der Waals surface area contributed by atoms with Crippen molar-refractivity contribution < 1.29 is 4.79 Å². The van der Waals surface area contributed by atoms with Gasteiger partial charge < -0.3 is 16.4 Å². The van der Waals surface area contributed by atoms with Crippen molar-refractivity contribution >= 4 is 11.9 Å². The second-order valence-corrected chi connectivity index (χ2v) is 5.46. The van der Waals surface area contributed by atoms with Crippen LogP contribution in [0.4, 0.5) is 4.79 Å². The Labute approximate surface area is 103 Å². The number of rotatable bonds is 4. The third kappa shape index (κ3) is 4.63. The van der Waals surface area contributed by atoms with Gasteiger partial charge in [0.1, 0.15) is 0 Å². The highest BCUT2D eigenvalue weighted by Gasteiger charge is 2.23. The van der Waals surface area contributed by atoms with E-state index in [0.29, 0.717) is 12.6 Å². The van der Waals surface area contributed by atoms with Gasteiger partial charge in [0.2, 0.25) is 0 Å². The van der Waals surface area contributed by atoms with Gasteiger partial charge in [-0.1, -0.05) is 33.1 Å². The van der Waals surface area contributed by atoms with Crippen LogP contribution in [0.2, 0.25) is 0 Å². The first-order chi connectivity index (χ1) is 7.92. The number of nitrogens with two attached hydrogens (primary N) is 1. The van der Waals surface area contributed by atoms with Crippen LogP contribution in [0.5, 0.6) is 0 Å². The van der Waals surface area contributed by atoms with Crippen LogP contribution < -0.4 is 16.4 Å². The number of carbonyl (C=O) groups is 1. The van der Waals surface area contributed by atoms with Crippen LogP contribution >= 0.6 is 0 Å². The van der Waals surface area contributed by atoms with E-state index in [2.05, 4.69) is 10.6 Å². The Morgan fingerprint density at radius 3 is 2.47 bits per heavy atom. The number of carbonyl (C=O) groups excluding carboxylic acids is 1. The lowest BCUT2D eigenvalue weighted by Gasteiger charge is -2.26. The minimum absolute atomic E-state index is 0.0930. The fourth-order valence-corrected chi connectivity index (χ4v) is 1.88. The molecule has 0 heterocycles. The van der Waals surface area contributed by atoms with E-state index < -0.39 is 5.41 Å². The van der Waals surface area contributed by atoms with Crippen LogP contribution in [-0.4, -0.2) is 24.5 Å². The molecule has 1 saturated carbocycles. The number of hydrogen-bond donors (Lipinski definition) is 4. The molecule has 2 amide bonds. The van der Waals surface area contributed by atoms with Crippen LogP contribution in [0.15, 0.2) is 0 Å². The molecule has 0 aliphatic heterocycles. The molecule has 0 unspecified atom stereocenters. The van der Waals surface area contributed by atoms with E-state index in [-0.39, 0.29) is 11.9 Å². The molecule has 0 radical (unpaired) electrons. The van der Waals surface area contributed by atoms with E-state index in [1.165, 1.54) is 19.3 Å². The van der Waals surface area contributed by atoms with Crippen molar-refractivity contribution in [1.82, 2.24) is 10.6 Å². The molecule has 0 aromatic heterocycles. The molecule has 0 aromatic carbocycles. The molecule has 0 aromatic rings. The largest absolute Gasteiger partial charge is 0.387 e. The summed E-state index contributed by atoms with van der Waals surface area (Å²) in [5.41, 5.74) is 4.97. The maximum Gasteiger partial charge on any atom is 0.315 e. The molecule has 0 atom stereocenters. The summed E-state index contributed by atoms with van der Waals surface area (Å²) in [6.07, 6.45) is 5.82. The summed E-state index contributed by atoms with van der Waals surface area (Å²) in [6.45, 7) is 4.08. The average Bonchev–Trinajstić information content (AvgIpc) is 2.28. The van der Waals surface area contributed by atoms with Gasteiger partial charge in [0.05, 0.1) is 5.84 Å². The van der Waals surface area contributed by atoms with Gasteiger partial charge in [-0.2, -0.15) is 0 Å². The van der Waals surface area contributed by atoms with Crippen molar-refractivity contribution in [2.45, 2.75) is 52.0 Å². The molecule has 5 N–H and O–H groups in total. The predicted molar refractivity (Wildman–Crippen MR) is 69.1 cm³/mol. The van der Waals surface area contributed by atoms with Crippen molar-refractivity contribution in [3.8, 4) is 0 Å². The monoisotopic (exact) mass is 240 g/mol. The Morgan fingerprint density at radius 1 is 1.35 bits per heavy atom. The second-order valence-electron chi connectivity index (χ2n) is 5.46. The normalized spacial score (nSPS) is 17.5. The smallest absolute Gasteiger partial charge is 0.315 e. The van der Waals surface area contributed by atoms with Crippen LogP contribution in [0.3, 0.4) is 0 Å². The molecule has 1 aliphatic carbocycles. The third-order valence-corrected chi connectivity index (χ3v) is 3.36. The minimum Gasteiger partial charge on any atom is -0.387 e. The summed E-state index contributed by atoms with van der Waals surface area (Å²) in [4.78, 5) is 11.6. The molecule has 17 heavy (non-hydrogen) atoms. The zero-order valence-electron chi connectivity index (χ0n) is 10.8. The van der Waals surface area contributed by atoms with Gasteiger partial charge in [-0.15, -0.1) is 0 Å². The number of hydrogen-bond acceptors (Lipinski definition) is 2. The highest BCUT2D eigenvalue weighted by Crippen LogP contribution is 2.17. The lowest BCUT2D eigenvalue weighted by atomic mass is 9.92. The van der Waals surface area contributed by atoms with Crippen molar-refractivity contribution in [2.75, 3.05) is 6.54 Å². The van der Waals surface area contributed by atoms with Gasteiger partial charge in [0.15, 0.2) is 0 Å². The van der Waals surface area contributed by atoms with Gasteiger partial charge >= 0.3 is 6.03 Å².